The van der Waals surface area contributed by atoms with Gasteiger partial charge in [0.2, 0.25) is 0 Å². The number of hydrogen-bond donors (Lipinski definition) is 0. The normalized spacial score (nSPS) is 12.2. The molecule has 0 heterocycles. The van der Waals surface area contributed by atoms with E-state index >= 15 is 0 Å². The molecule has 0 aliphatic heterocycles. The summed E-state index contributed by atoms with van der Waals surface area (Å²) in [5.41, 5.74) is 7.22. The van der Waals surface area contributed by atoms with Crippen LogP contribution < -0.4 is 0 Å². The fourth-order valence-electron chi connectivity index (χ4n) is 15.5. The SMILES string of the molecule is CCCCCCCCCCCCCCCCCCCCCC/C=C/C(=Nc1ccccc1CCC/C=C/CCCCCCCCCCCCCCCCCCCCCCCC)C(CCCC)=Nc1ccccc1CCC/C=C/CCCCCCCCCCCCCCCCCCCCCCCC.[Ni+2]. The maximum atomic E-state index is 5.62. The second kappa shape index (κ2) is 83.5. The van der Waals surface area contributed by atoms with Gasteiger partial charge in [-0.3, -0.25) is 4.99 Å². The van der Waals surface area contributed by atoms with Crippen molar-refractivity contribution in [1.29, 1.82) is 0 Å². The Morgan fingerprint density at radius 2 is 0.427 bits per heavy atom. The van der Waals surface area contributed by atoms with Gasteiger partial charge in [0.25, 0.3) is 0 Å². The van der Waals surface area contributed by atoms with E-state index in [1.54, 1.807) is 0 Å². The summed E-state index contributed by atoms with van der Waals surface area (Å²) < 4.78 is 0. The van der Waals surface area contributed by atoms with Gasteiger partial charge >= 0.3 is 16.5 Å². The molecule has 0 aliphatic rings. The molecule has 0 radical (unpaired) electrons. The minimum absolute atomic E-state index is 0. The van der Waals surface area contributed by atoms with Crippen LogP contribution >= 0.6 is 0 Å². The molecule has 2 nitrogen and oxygen atoms in total. The van der Waals surface area contributed by atoms with Crippen molar-refractivity contribution in [3.05, 3.63) is 96.1 Å². The summed E-state index contributed by atoms with van der Waals surface area (Å²) >= 11 is 0. The molecule has 103 heavy (non-hydrogen) atoms. The van der Waals surface area contributed by atoms with E-state index in [2.05, 4.69) is 113 Å². The molecular weight excluding hydrogens is 1290 g/mol. The van der Waals surface area contributed by atoms with Crippen LogP contribution in [0.3, 0.4) is 0 Å². The maximum absolute atomic E-state index is 5.62. The van der Waals surface area contributed by atoms with E-state index in [9.17, 15) is 0 Å². The van der Waals surface area contributed by atoms with Crippen LogP contribution in [0.2, 0.25) is 0 Å². The summed E-state index contributed by atoms with van der Waals surface area (Å²) in [6.45, 7) is 9.27. The van der Waals surface area contributed by atoms with Gasteiger partial charge in [-0.05, 0) is 119 Å². The Kier molecular flexibility index (Phi) is 79.9. The van der Waals surface area contributed by atoms with Gasteiger partial charge in [0, 0.05) is 0 Å². The molecular formula is C100H178N2Ni+2. The first kappa shape index (κ1) is 98.5. The first-order valence-electron chi connectivity index (χ1n) is 47.0. The van der Waals surface area contributed by atoms with Crippen LogP contribution in [-0.4, -0.2) is 11.4 Å². The van der Waals surface area contributed by atoms with Gasteiger partial charge in [0.1, 0.15) is 0 Å². The third-order valence-corrected chi connectivity index (χ3v) is 22.5. The van der Waals surface area contributed by atoms with Gasteiger partial charge < -0.3 is 0 Å². The van der Waals surface area contributed by atoms with Crippen molar-refractivity contribution in [3.8, 4) is 0 Å². The largest absolute Gasteiger partial charge is 2.00 e. The molecule has 3 heteroatoms. The number of benzene rings is 2. The molecule has 596 valence electrons. The molecule has 0 fully saturated rings. The van der Waals surface area contributed by atoms with E-state index in [4.69, 9.17) is 9.98 Å². The van der Waals surface area contributed by atoms with Gasteiger partial charge in [-0.15, -0.1) is 0 Å². The van der Waals surface area contributed by atoms with Gasteiger partial charge in [0.15, 0.2) is 0 Å². The number of allylic oxidation sites excluding steroid dienone is 6. The van der Waals surface area contributed by atoms with Crippen LogP contribution in [-0.2, 0) is 29.3 Å². The monoisotopic (exact) mass is 1470 g/mol. The van der Waals surface area contributed by atoms with Crippen LogP contribution in [0.4, 0.5) is 11.4 Å². The second-order valence-electron chi connectivity index (χ2n) is 32.5. The van der Waals surface area contributed by atoms with Gasteiger partial charge in [-0.2, -0.15) is 0 Å². The van der Waals surface area contributed by atoms with Crippen molar-refractivity contribution in [2.24, 2.45) is 9.98 Å². The molecule has 0 atom stereocenters. The quantitative estimate of drug-likeness (QED) is 0.0273. The molecule has 0 aliphatic carbocycles. The molecule has 2 rings (SSSR count). The summed E-state index contributed by atoms with van der Waals surface area (Å²) in [5.74, 6) is 0. The standard InChI is InChI=1S/C100H178N2.Ni/c1-5-9-13-16-19-22-25-28-31-34-37-40-43-45-47-49-51-53-56-59-62-65-68-71-74-77-80-87-95-89-83-85-92-97(95)101-99(91-12-8-4)100(94-82-79-76-73-70-67-64-61-58-55-42-39-36-33-30-27-24-21-18-15-11-7-3)102-98-93-86-84-90-96(98)88-81-78-75-72-69-66-63-60-57-54-52-50-48-46-44-41-38-35-32-29-26-23-20-17-14-10-6-2;/h71-72,74-75,82-86,89-90,92-94H,5-70,73,76-81,87-88,91H2,1-4H3;/q;+2/b74-71+,75-72+,94-82+,101-99?,102-100?;. The Morgan fingerprint density at radius 1 is 0.223 bits per heavy atom. The fourth-order valence-corrected chi connectivity index (χ4v) is 15.5. The van der Waals surface area contributed by atoms with E-state index in [1.807, 2.05) is 0 Å². The van der Waals surface area contributed by atoms with Gasteiger partial charge in [-0.25, -0.2) is 4.99 Å². The third kappa shape index (κ3) is 68.5. The van der Waals surface area contributed by atoms with Gasteiger partial charge in [-0.1, -0.05) is 493 Å². The Hall–Kier alpha value is -2.51. The minimum atomic E-state index is 0. The first-order chi connectivity index (χ1) is 50.7. The van der Waals surface area contributed by atoms with Crippen molar-refractivity contribution in [1.82, 2.24) is 0 Å². The predicted molar refractivity (Wildman–Crippen MR) is 466 cm³/mol. The zero-order valence-electron chi connectivity index (χ0n) is 70.0. The van der Waals surface area contributed by atoms with Crippen molar-refractivity contribution in [2.75, 3.05) is 0 Å². The molecule has 0 amide bonds. The van der Waals surface area contributed by atoms with E-state index < -0.39 is 0 Å². The van der Waals surface area contributed by atoms with Crippen molar-refractivity contribution in [2.45, 2.75) is 516 Å². The van der Waals surface area contributed by atoms with E-state index in [0.29, 0.717) is 0 Å². The molecule has 0 spiro atoms. The van der Waals surface area contributed by atoms with Crippen LogP contribution in [0.25, 0.3) is 0 Å². The summed E-state index contributed by atoms with van der Waals surface area (Å²) in [5, 5.41) is 0. The molecule has 0 unspecified atom stereocenters. The zero-order valence-corrected chi connectivity index (χ0v) is 71.0. The average molecular weight is 1470 g/mol. The fraction of sp³-hybridized carbons (Fsp3) is 0.800. The third-order valence-electron chi connectivity index (χ3n) is 22.5. The molecule has 0 saturated carbocycles. The summed E-state index contributed by atoms with van der Waals surface area (Å²) in [6, 6.07) is 18.0. The Bertz CT molecular complexity index is 2140. The first-order valence-corrected chi connectivity index (χ1v) is 47.0. The van der Waals surface area contributed by atoms with E-state index in [-0.39, 0.29) is 16.5 Å². The maximum Gasteiger partial charge on any atom is 2.00 e. The number of aryl methyl sites for hydroxylation is 2. The van der Waals surface area contributed by atoms with Crippen molar-refractivity contribution < 1.29 is 16.5 Å². The minimum Gasteiger partial charge on any atom is -0.251 e. The van der Waals surface area contributed by atoms with E-state index in [1.165, 1.54) is 435 Å². The van der Waals surface area contributed by atoms with Crippen LogP contribution in [0, 0.1) is 0 Å². The Labute approximate surface area is 656 Å². The predicted octanol–water partition coefficient (Wildman–Crippen LogP) is 36.2. The molecule has 0 bridgehead atoms. The Morgan fingerprint density at radius 3 is 0.680 bits per heavy atom. The molecule has 2 aromatic rings. The molecule has 2 aromatic carbocycles. The molecule has 0 aromatic heterocycles. The van der Waals surface area contributed by atoms with Crippen LogP contribution in [0.5, 0.6) is 0 Å². The van der Waals surface area contributed by atoms with Gasteiger partial charge in [0.05, 0.1) is 22.8 Å². The smallest absolute Gasteiger partial charge is 0.251 e. The summed E-state index contributed by atoms with van der Waals surface area (Å²) in [7, 11) is 0. The number of hydrogen-bond acceptors (Lipinski definition) is 2. The van der Waals surface area contributed by atoms with Crippen molar-refractivity contribution in [3.63, 3.8) is 0 Å². The second-order valence-corrected chi connectivity index (χ2v) is 32.5. The van der Waals surface area contributed by atoms with Crippen LogP contribution in [0.15, 0.2) is 95.0 Å². The summed E-state index contributed by atoms with van der Waals surface area (Å²) in [6.07, 6.45) is 120. The van der Waals surface area contributed by atoms with Crippen molar-refractivity contribution >= 4 is 22.8 Å². The Balaban J connectivity index is 0.0000530. The van der Waals surface area contributed by atoms with Crippen LogP contribution in [0.1, 0.15) is 514 Å². The molecule has 0 saturated heterocycles. The topological polar surface area (TPSA) is 24.7 Å². The number of nitrogens with zero attached hydrogens (tertiary/aromatic N) is 2. The molecule has 0 N–H and O–H groups in total. The zero-order chi connectivity index (χ0) is 72.5. The van der Waals surface area contributed by atoms with E-state index in [0.717, 1.165) is 87.0 Å². The summed E-state index contributed by atoms with van der Waals surface area (Å²) in [4.78, 5) is 11.2. The number of aliphatic imine (C=N–C) groups is 2. The average Bonchev–Trinajstić information content (AvgIpc) is 0.848. The number of rotatable bonds is 82. The number of para-hydroxylation sites is 2. The number of unbranched alkanes of at least 4 members (excludes halogenated alkanes) is 67.